The van der Waals surface area contributed by atoms with Crippen molar-refractivity contribution >= 4 is 0 Å². The summed E-state index contributed by atoms with van der Waals surface area (Å²) >= 11 is 0. The molecule has 0 amide bonds. The second kappa shape index (κ2) is 3.93. The van der Waals surface area contributed by atoms with Gasteiger partial charge in [0, 0.05) is 30.7 Å². The molecule has 0 fully saturated rings. The van der Waals surface area contributed by atoms with E-state index < -0.39 is 0 Å². The summed E-state index contributed by atoms with van der Waals surface area (Å²) in [4.78, 5) is 12.5. The molecular formula is C10H10N4. The number of aromatic nitrogens is 3. The van der Waals surface area contributed by atoms with Gasteiger partial charge in [-0.3, -0.25) is 4.98 Å². The van der Waals surface area contributed by atoms with Gasteiger partial charge in [0.25, 0.3) is 0 Å². The van der Waals surface area contributed by atoms with E-state index in [9.17, 15) is 0 Å². The van der Waals surface area contributed by atoms with Gasteiger partial charge in [0.2, 0.25) is 0 Å². The molecule has 0 aliphatic carbocycles. The Kier molecular flexibility index (Phi) is 2.46. The highest BCUT2D eigenvalue weighted by atomic mass is 14.9. The van der Waals surface area contributed by atoms with Gasteiger partial charge in [-0.25, -0.2) is 9.97 Å². The van der Waals surface area contributed by atoms with Crippen LogP contribution in [0.1, 0.15) is 5.56 Å². The van der Waals surface area contributed by atoms with Crippen molar-refractivity contribution in [1.82, 2.24) is 15.0 Å². The summed E-state index contributed by atoms with van der Waals surface area (Å²) < 4.78 is 0. The van der Waals surface area contributed by atoms with Crippen LogP contribution in [0.25, 0.3) is 11.5 Å². The predicted molar refractivity (Wildman–Crippen MR) is 53.2 cm³/mol. The van der Waals surface area contributed by atoms with Gasteiger partial charge >= 0.3 is 0 Å². The molecule has 0 aromatic carbocycles. The van der Waals surface area contributed by atoms with Crippen molar-refractivity contribution in [2.75, 3.05) is 0 Å². The van der Waals surface area contributed by atoms with E-state index >= 15 is 0 Å². The quantitative estimate of drug-likeness (QED) is 0.759. The van der Waals surface area contributed by atoms with Crippen LogP contribution < -0.4 is 5.73 Å². The summed E-state index contributed by atoms with van der Waals surface area (Å²) in [5.41, 5.74) is 7.14. The first-order chi connectivity index (χ1) is 6.90. The molecule has 0 aliphatic rings. The van der Waals surface area contributed by atoms with E-state index in [4.69, 9.17) is 5.73 Å². The van der Waals surface area contributed by atoms with Crippen molar-refractivity contribution < 1.29 is 0 Å². The van der Waals surface area contributed by atoms with Crippen LogP contribution in [-0.4, -0.2) is 15.0 Å². The number of nitrogens with zero attached hydrogens (tertiary/aromatic N) is 3. The predicted octanol–water partition coefficient (Wildman–Crippen LogP) is 0.997. The summed E-state index contributed by atoms with van der Waals surface area (Å²) in [5, 5.41) is 0. The average Bonchev–Trinajstić information content (AvgIpc) is 2.30. The fourth-order valence-electron chi connectivity index (χ4n) is 1.09. The Labute approximate surface area is 81.9 Å². The van der Waals surface area contributed by atoms with Crippen LogP contribution in [0, 0.1) is 0 Å². The number of nitrogens with two attached hydrogens (primary N) is 1. The maximum atomic E-state index is 5.44. The van der Waals surface area contributed by atoms with Crippen LogP contribution in [0.3, 0.4) is 0 Å². The van der Waals surface area contributed by atoms with Crippen molar-refractivity contribution in [3.05, 3.63) is 42.4 Å². The Bertz CT molecular complexity index is 396. The Hall–Kier alpha value is -1.81. The minimum absolute atomic E-state index is 0.461. The van der Waals surface area contributed by atoms with Crippen molar-refractivity contribution in [3.63, 3.8) is 0 Å². The minimum Gasteiger partial charge on any atom is -0.326 e. The molecule has 4 nitrogen and oxygen atoms in total. The molecule has 2 heterocycles. The fraction of sp³-hybridized carbons (Fsp3) is 0.100. The second-order valence-electron chi connectivity index (χ2n) is 2.83. The fourth-order valence-corrected chi connectivity index (χ4v) is 1.09. The number of pyridine rings is 1. The van der Waals surface area contributed by atoms with Gasteiger partial charge < -0.3 is 5.73 Å². The summed E-state index contributed by atoms with van der Waals surface area (Å²) in [6, 6.07) is 5.64. The SMILES string of the molecule is NCc1cnc(-c2ccccn2)nc1. The Morgan fingerprint density at radius 1 is 1.07 bits per heavy atom. The molecule has 0 bridgehead atoms. The molecule has 2 aromatic heterocycles. The first-order valence-electron chi connectivity index (χ1n) is 4.32. The third-order valence-corrected chi connectivity index (χ3v) is 1.84. The lowest BCUT2D eigenvalue weighted by Gasteiger charge is -1.99. The summed E-state index contributed by atoms with van der Waals surface area (Å²) in [6.45, 7) is 0.461. The Morgan fingerprint density at radius 2 is 1.86 bits per heavy atom. The van der Waals surface area contributed by atoms with Gasteiger partial charge in [0.15, 0.2) is 5.82 Å². The molecule has 2 rings (SSSR count). The first-order valence-corrected chi connectivity index (χ1v) is 4.32. The van der Waals surface area contributed by atoms with E-state index in [2.05, 4.69) is 15.0 Å². The number of hydrogen-bond donors (Lipinski definition) is 1. The molecule has 0 spiro atoms. The van der Waals surface area contributed by atoms with Gasteiger partial charge in [-0.1, -0.05) is 6.07 Å². The van der Waals surface area contributed by atoms with Crippen molar-refractivity contribution in [1.29, 1.82) is 0 Å². The molecule has 0 radical (unpaired) electrons. The maximum absolute atomic E-state index is 5.44. The van der Waals surface area contributed by atoms with E-state index in [0.717, 1.165) is 11.3 Å². The van der Waals surface area contributed by atoms with E-state index in [1.165, 1.54) is 0 Å². The third kappa shape index (κ3) is 1.75. The molecule has 0 aliphatic heterocycles. The summed E-state index contributed by atoms with van der Waals surface area (Å²) in [6.07, 6.45) is 5.16. The second-order valence-corrected chi connectivity index (χ2v) is 2.83. The normalized spacial score (nSPS) is 10.1. The Morgan fingerprint density at radius 3 is 2.43 bits per heavy atom. The first kappa shape index (κ1) is 8.77. The summed E-state index contributed by atoms with van der Waals surface area (Å²) in [5.74, 6) is 0.628. The topological polar surface area (TPSA) is 64.7 Å². The minimum atomic E-state index is 0.461. The highest BCUT2D eigenvalue weighted by Gasteiger charge is 2.00. The number of hydrogen-bond acceptors (Lipinski definition) is 4. The van der Waals surface area contributed by atoms with Crippen LogP contribution >= 0.6 is 0 Å². The van der Waals surface area contributed by atoms with Crippen molar-refractivity contribution in [2.45, 2.75) is 6.54 Å². The van der Waals surface area contributed by atoms with Crippen molar-refractivity contribution in [2.24, 2.45) is 5.73 Å². The zero-order valence-corrected chi connectivity index (χ0v) is 7.59. The highest BCUT2D eigenvalue weighted by molar-refractivity contribution is 5.47. The summed E-state index contributed by atoms with van der Waals surface area (Å²) in [7, 11) is 0. The zero-order chi connectivity index (χ0) is 9.80. The molecule has 2 N–H and O–H groups in total. The molecule has 14 heavy (non-hydrogen) atoms. The average molecular weight is 186 g/mol. The van der Waals surface area contributed by atoms with Gasteiger partial charge in [-0.2, -0.15) is 0 Å². The standard InChI is InChI=1S/C10H10N4/c11-5-8-6-13-10(14-7-8)9-3-1-2-4-12-9/h1-4,6-7H,5,11H2. The van der Waals surface area contributed by atoms with E-state index in [-0.39, 0.29) is 0 Å². The molecule has 0 saturated carbocycles. The lowest BCUT2D eigenvalue weighted by molar-refractivity contribution is 1.01. The molecule has 0 unspecified atom stereocenters. The van der Waals surface area contributed by atoms with Crippen LogP contribution in [0.5, 0.6) is 0 Å². The maximum Gasteiger partial charge on any atom is 0.178 e. The third-order valence-electron chi connectivity index (χ3n) is 1.84. The van der Waals surface area contributed by atoms with Crippen LogP contribution in [0.4, 0.5) is 0 Å². The highest BCUT2D eigenvalue weighted by Crippen LogP contribution is 2.09. The Balaban J connectivity index is 2.34. The van der Waals surface area contributed by atoms with Crippen LogP contribution in [-0.2, 0) is 6.54 Å². The number of rotatable bonds is 2. The van der Waals surface area contributed by atoms with Crippen LogP contribution in [0.15, 0.2) is 36.8 Å². The zero-order valence-electron chi connectivity index (χ0n) is 7.59. The van der Waals surface area contributed by atoms with Crippen LogP contribution in [0.2, 0.25) is 0 Å². The molecule has 4 heteroatoms. The lowest BCUT2D eigenvalue weighted by Crippen LogP contribution is -1.99. The van der Waals surface area contributed by atoms with E-state index in [0.29, 0.717) is 12.4 Å². The van der Waals surface area contributed by atoms with Gasteiger partial charge in [-0.15, -0.1) is 0 Å². The molecule has 70 valence electrons. The van der Waals surface area contributed by atoms with Crippen molar-refractivity contribution in [3.8, 4) is 11.5 Å². The van der Waals surface area contributed by atoms with Gasteiger partial charge in [0.05, 0.1) is 0 Å². The monoisotopic (exact) mass is 186 g/mol. The lowest BCUT2D eigenvalue weighted by atomic mass is 10.3. The molecule has 0 atom stereocenters. The van der Waals surface area contributed by atoms with E-state index in [1.54, 1.807) is 18.6 Å². The van der Waals surface area contributed by atoms with E-state index in [1.807, 2.05) is 18.2 Å². The smallest absolute Gasteiger partial charge is 0.178 e. The molecule has 2 aromatic rings. The largest absolute Gasteiger partial charge is 0.326 e. The molecule has 0 saturated heterocycles. The van der Waals surface area contributed by atoms with Gasteiger partial charge in [-0.05, 0) is 12.1 Å². The molecular weight excluding hydrogens is 176 g/mol. The van der Waals surface area contributed by atoms with Gasteiger partial charge in [0.1, 0.15) is 5.69 Å².